The lowest BCUT2D eigenvalue weighted by atomic mass is 9.84. The lowest BCUT2D eigenvalue weighted by Gasteiger charge is -2.28. The maximum atomic E-state index is 12.4. The van der Waals surface area contributed by atoms with Crippen molar-refractivity contribution in [1.29, 1.82) is 0 Å². The van der Waals surface area contributed by atoms with Crippen molar-refractivity contribution >= 4 is 11.6 Å². The molecule has 1 saturated carbocycles. The van der Waals surface area contributed by atoms with Crippen molar-refractivity contribution in [2.75, 3.05) is 31.2 Å². The monoisotopic (exact) mass is 407 g/mol. The van der Waals surface area contributed by atoms with E-state index in [0.717, 1.165) is 43.1 Å². The number of amides is 1. The van der Waals surface area contributed by atoms with Gasteiger partial charge in [0.1, 0.15) is 0 Å². The second kappa shape index (κ2) is 10.1. The van der Waals surface area contributed by atoms with Crippen LogP contribution in [-0.4, -0.2) is 43.2 Å². The van der Waals surface area contributed by atoms with E-state index >= 15 is 0 Å². The van der Waals surface area contributed by atoms with Crippen LogP contribution in [0.5, 0.6) is 0 Å². The third-order valence-corrected chi connectivity index (χ3v) is 6.49. The third kappa shape index (κ3) is 5.39. The Morgan fingerprint density at radius 3 is 2.43 bits per heavy atom. The van der Waals surface area contributed by atoms with Gasteiger partial charge < -0.3 is 15.0 Å². The Morgan fingerprint density at radius 2 is 1.77 bits per heavy atom. The lowest BCUT2D eigenvalue weighted by molar-refractivity contribution is -0.121. The van der Waals surface area contributed by atoms with E-state index in [1.54, 1.807) is 0 Å². The average Bonchev–Trinajstić information content (AvgIpc) is 2.81. The molecular formula is C25H33N3O2. The first-order valence-corrected chi connectivity index (χ1v) is 11.4. The second-order valence-electron chi connectivity index (χ2n) is 8.62. The number of hydrogen-bond acceptors (Lipinski definition) is 4. The van der Waals surface area contributed by atoms with Crippen LogP contribution in [0.15, 0.2) is 42.6 Å². The molecule has 1 aliphatic heterocycles. The van der Waals surface area contributed by atoms with Crippen molar-refractivity contribution in [3.8, 4) is 11.1 Å². The van der Waals surface area contributed by atoms with Gasteiger partial charge in [-0.25, -0.2) is 0 Å². The summed E-state index contributed by atoms with van der Waals surface area (Å²) in [6.07, 6.45) is 8.60. The number of anilines is 1. The fourth-order valence-electron chi connectivity index (χ4n) is 4.61. The van der Waals surface area contributed by atoms with Crippen LogP contribution >= 0.6 is 0 Å². The average molecular weight is 408 g/mol. The Hall–Kier alpha value is -2.40. The Kier molecular flexibility index (Phi) is 7.00. The SMILES string of the molecule is C[C@@H](NC(=O)Cc1ccc(-c2ccc(N3CCOCC3)cc2)cn1)C1CCCCC1. The van der Waals surface area contributed by atoms with Crippen molar-refractivity contribution in [3.05, 3.63) is 48.3 Å². The van der Waals surface area contributed by atoms with Crippen LogP contribution in [0.2, 0.25) is 0 Å². The molecule has 2 aliphatic rings. The zero-order valence-electron chi connectivity index (χ0n) is 18.0. The highest BCUT2D eigenvalue weighted by Gasteiger charge is 2.21. The van der Waals surface area contributed by atoms with Crippen LogP contribution in [0.4, 0.5) is 5.69 Å². The first-order chi connectivity index (χ1) is 14.7. The zero-order valence-corrected chi connectivity index (χ0v) is 18.0. The minimum absolute atomic E-state index is 0.0724. The summed E-state index contributed by atoms with van der Waals surface area (Å²) < 4.78 is 5.43. The van der Waals surface area contributed by atoms with Gasteiger partial charge in [0.2, 0.25) is 5.91 Å². The molecule has 160 valence electrons. The highest BCUT2D eigenvalue weighted by atomic mass is 16.5. The maximum Gasteiger partial charge on any atom is 0.226 e. The first-order valence-electron chi connectivity index (χ1n) is 11.4. The van der Waals surface area contributed by atoms with Gasteiger partial charge in [0.15, 0.2) is 0 Å². The molecule has 2 fully saturated rings. The summed E-state index contributed by atoms with van der Waals surface area (Å²) in [5, 5.41) is 3.19. The standard InChI is InChI=1S/C25H33N3O2/c1-19(20-5-3-2-4-6-20)27-25(29)17-23-10-7-22(18-26-23)21-8-11-24(12-9-21)28-13-15-30-16-14-28/h7-12,18-20H,2-6,13-17H2,1H3,(H,27,29)/t19-/m1/s1. The molecular weight excluding hydrogens is 374 g/mol. The summed E-state index contributed by atoms with van der Waals surface area (Å²) in [5.74, 6) is 0.696. The van der Waals surface area contributed by atoms with Crippen molar-refractivity contribution in [2.24, 2.45) is 5.92 Å². The van der Waals surface area contributed by atoms with E-state index in [4.69, 9.17) is 4.74 Å². The molecule has 1 aromatic heterocycles. The van der Waals surface area contributed by atoms with Gasteiger partial charge in [-0.3, -0.25) is 9.78 Å². The normalized spacial score (nSPS) is 18.8. The molecule has 0 radical (unpaired) electrons. The van der Waals surface area contributed by atoms with E-state index < -0.39 is 0 Å². The van der Waals surface area contributed by atoms with Gasteiger partial charge in [0.25, 0.3) is 0 Å². The van der Waals surface area contributed by atoms with Crippen molar-refractivity contribution < 1.29 is 9.53 Å². The number of morpholine rings is 1. The highest BCUT2D eigenvalue weighted by Crippen LogP contribution is 2.26. The predicted molar refractivity (Wildman–Crippen MR) is 121 cm³/mol. The smallest absolute Gasteiger partial charge is 0.226 e. The third-order valence-electron chi connectivity index (χ3n) is 6.49. The summed E-state index contributed by atoms with van der Waals surface area (Å²) in [6, 6.07) is 12.9. The number of pyridine rings is 1. The van der Waals surface area contributed by atoms with Crippen LogP contribution in [0.3, 0.4) is 0 Å². The molecule has 1 atom stereocenters. The molecule has 1 aromatic carbocycles. The topological polar surface area (TPSA) is 54.5 Å². The lowest BCUT2D eigenvalue weighted by Crippen LogP contribution is -2.39. The Labute approximate surface area is 179 Å². The van der Waals surface area contributed by atoms with E-state index in [0.29, 0.717) is 12.3 Å². The summed E-state index contributed by atoms with van der Waals surface area (Å²) >= 11 is 0. The Bertz CT molecular complexity index is 807. The van der Waals surface area contributed by atoms with E-state index in [-0.39, 0.29) is 11.9 Å². The van der Waals surface area contributed by atoms with Crippen molar-refractivity contribution in [2.45, 2.75) is 51.5 Å². The van der Waals surface area contributed by atoms with Gasteiger partial charge >= 0.3 is 0 Å². The maximum absolute atomic E-state index is 12.4. The quantitative estimate of drug-likeness (QED) is 0.779. The van der Waals surface area contributed by atoms with Crippen LogP contribution < -0.4 is 10.2 Å². The minimum atomic E-state index is 0.0724. The Balaban J connectivity index is 1.31. The zero-order chi connectivity index (χ0) is 20.8. The van der Waals surface area contributed by atoms with E-state index in [9.17, 15) is 4.79 Å². The molecule has 1 N–H and O–H groups in total. The summed E-state index contributed by atoms with van der Waals surface area (Å²) in [4.78, 5) is 19.3. The fourth-order valence-corrected chi connectivity index (χ4v) is 4.61. The second-order valence-corrected chi connectivity index (χ2v) is 8.62. The van der Waals surface area contributed by atoms with Gasteiger partial charge in [0.05, 0.1) is 19.6 Å². The van der Waals surface area contributed by atoms with Gasteiger partial charge in [0, 0.05) is 42.3 Å². The number of ether oxygens (including phenoxy) is 1. The Morgan fingerprint density at radius 1 is 1.07 bits per heavy atom. The minimum Gasteiger partial charge on any atom is -0.378 e. The number of rotatable bonds is 6. The molecule has 0 unspecified atom stereocenters. The van der Waals surface area contributed by atoms with E-state index in [2.05, 4.69) is 52.5 Å². The highest BCUT2D eigenvalue weighted by molar-refractivity contribution is 5.78. The van der Waals surface area contributed by atoms with Gasteiger partial charge in [-0.2, -0.15) is 0 Å². The van der Waals surface area contributed by atoms with Gasteiger partial charge in [-0.15, -0.1) is 0 Å². The number of aromatic nitrogens is 1. The molecule has 0 bridgehead atoms. The van der Waals surface area contributed by atoms with Crippen LogP contribution in [0, 0.1) is 5.92 Å². The molecule has 1 amide bonds. The number of carbonyl (C=O) groups excluding carboxylic acids is 1. The first kappa shape index (κ1) is 20.9. The molecule has 2 aromatic rings. The summed E-state index contributed by atoms with van der Waals surface area (Å²) in [5.41, 5.74) is 4.26. The number of carbonyl (C=O) groups is 1. The molecule has 2 heterocycles. The largest absolute Gasteiger partial charge is 0.378 e. The van der Waals surface area contributed by atoms with Crippen LogP contribution in [-0.2, 0) is 16.0 Å². The molecule has 4 rings (SSSR count). The van der Waals surface area contributed by atoms with Crippen LogP contribution in [0.25, 0.3) is 11.1 Å². The van der Waals surface area contributed by atoms with Crippen LogP contribution in [0.1, 0.15) is 44.7 Å². The van der Waals surface area contributed by atoms with Crippen molar-refractivity contribution in [1.82, 2.24) is 10.3 Å². The molecule has 0 spiro atoms. The predicted octanol–water partition coefficient (Wildman–Crippen LogP) is 4.21. The number of nitrogens with one attached hydrogen (secondary N) is 1. The molecule has 5 heteroatoms. The molecule has 5 nitrogen and oxygen atoms in total. The summed E-state index contributed by atoms with van der Waals surface area (Å²) in [6.45, 7) is 5.61. The van der Waals surface area contributed by atoms with Crippen molar-refractivity contribution in [3.63, 3.8) is 0 Å². The number of benzene rings is 1. The fraction of sp³-hybridized carbons (Fsp3) is 0.520. The van der Waals surface area contributed by atoms with E-state index in [1.807, 2.05) is 12.3 Å². The van der Waals surface area contributed by atoms with E-state index in [1.165, 1.54) is 37.8 Å². The molecule has 30 heavy (non-hydrogen) atoms. The number of nitrogens with zero attached hydrogens (tertiary/aromatic N) is 2. The van der Waals surface area contributed by atoms with Gasteiger partial charge in [-0.05, 0) is 49.4 Å². The molecule has 1 saturated heterocycles. The number of hydrogen-bond donors (Lipinski definition) is 1. The molecule has 1 aliphatic carbocycles. The summed E-state index contributed by atoms with van der Waals surface area (Å²) in [7, 11) is 0. The van der Waals surface area contributed by atoms with Gasteiger partial charge in [-0.1, -0.05) is 37.5 Å².